The molecule has 6 nitrogen and oxygen atoms in total. The van der Waals surface area contributed by atoms with Gasteiger partial charge in [0.1, 0.15) is 0 Å². The van der Waals surface area contributed by atoms with E-state index in [1.807, 2.05) is 27.7 Å². The summed E-state index contributed by atoms with van der Waals surface area (Å²) in [7, 11) is 1.80. The molecule has 0 aliphatic carbocycles. The van der Waals surface area contributed by atoms with Crippen molar-refractivity contribution in [1.82, 2.24) is 15.0 Å². The topological polar surface area (TPSA) is 71.3 Å². The van der Waals surface area contributed by atoms with Crippen LogP contribution in [0.1, 0.15) is 45.5 Å². The molecule has 1 N–H and O–H groups in total. The van der Waals surface area contributed by atoms with E-state index in [0.29, 0.717) is 27.4 Å². The zero-order chi connectivity index (χ0) is 18.8. The number of rotatable bonds is 5. The molecule has 1 aromatic carbocycles. The first-order chi connectivity index (χ1) is 11.6. The molecular weight excluding hydrogens is 363 g/mol. The molecule has 1 heterocycles. The predicted molar refractivity (Wildman–Crippen MR) is 99.1 cm³/mol. The summed E-state index contributed by atoms with van der Waals surface area (Å²) >= 11 is 12.1. The second kappa shape index (κ2) is 7.72. The Hall–Kier alpha value is -1.63. The Morgan fingerprint density at radius 1 is 1.32 bits per heavy atom. The van der Waals surface area contributed by atoms with Gasteiger partial charge >= 0.3 is 0 Å². The third-order valence-corrected chi connectivity index (χ3v) is 4.38. The monoisotopic (exact) mass is 384 g/mol. The summed E-state index contributed by atoms with van der Waals surface area (Å²) in [6, 6.07) is 4.84. The van der Waals surface area contributed by atoms with Crippen LogP contribution in [0.2, 0.25) is 10.0 Å². The van der Waals surface area contributed by atoms with E-state index in [9.17, 15) is 4.79 Å². The molecule has 0 radical (unpaired) electrons. The molecule has 1 atom stereocenters. The molecule has 0 saturated carbocycles. The van der Waals surface area contributed by atoms with Gasteiger partial charge < -0.3 is 9.84 Å². The molecule has 0 fully saturated rings. The maximum Gasteiger partial charge on any atom is 0.243 e. The van der Waals surface area contributed by atoms with Gasteiger partial charge in [-0.2, -0.15) is 4.98 Å². The maximum atomic E-state index is 12.3. The van der Waals surface area contributed by atoms with Gasteiger partial charge in [-0.25, -0.2) is 0 Å². The number of halogens is 2. The van der Waals surface area contributed by atoms with Gasteiger partial charge in [0.2, 0.25) is 11.8 Å². The van der Waals surface area contributed by atoms with Crippen molar-refractivity contribution in [2.24, 2.45) is 0 Å². The van der Waals surface area contributed by atoms with Crippen molar-refractivity contribution in [3.8, 4) is 0 Å². The Labute approximate surface area is 157 Å². The lowest BCUT2D eigenvalue weighted by Gasteiger charge is -2.21. The van der Waals surface area contributed by atoms with Crippen molar-refractivity contribution < 1.29 is 9.32 Å². The van der Waals surface area contributed by atoms with Crippen LogP contribution in [0.3, 0.4) is 0 Å². The molecule has 0 aliphatic heterocycles. The molecule has 136 valence electrons. The first-order valence-electron chi connectivity index (χ1n) is 7.87. The Kier molecular flexibility index (Phi) is 6.08. The number of nitrogens with zero attached hydrogens (tertiary/aromatic N) is 3. The van der Waals surface area contributed by atoms with Crippen LogP contribution < -0.4 is 5.32 Å². The van der Waals surface area contributed by atoms with Gasteiger partial charge in [0, 0.05) is 5.41 Å². The van der Waals surface area contributed by atoms with Gasteiger partial charge in [-0.1, -0.05) is 55.2 Å². The van der Waals surface area contributed by atoms with Crippen molar-refractivity contribution in [3.05, 3.63) is 40.0 Å². The minimum absolute atomic E-state index is 0.121. The van der Waals surface area contributed by atoms with Crippen LogP contribution in [0.15, 0.2) is 22.7 Å². The number of likely N-dealkylation sites (N-methyl/N-ethyl adjacent to an activating group) is 1. The number of para-hydroxylation sites is 1. The van der Waals surface area contributed by atoms with Crippen LogP contribution in [0.4, 0.5) is 5.69 Å². The van der Waals surface area contributed by atoms with Crippen LogP contribution in [-0.4, -0.2) is 34.5 Å². The summed E-state index contributed by atoms with van der Waals surface area (Å²) in [5.74, 6) is 0.867. The first kappa shape index (κ1) is 19.7. The third-order valence-electron chi connectivity index (χ3n) is 3.75. The van der Waals surface area contributed by atoms with Crippen molar-refractivity contribution >= 4 is 34.8 Å². The molecule has 8 heteroatoms. The van der Waals surface area contributed by atoms with Gasteiger partial charge in [0.15, 0.2) is 5.82 Å². The number of hydrogen-bond donors (Lipinski definition) is 1. The van der Waals surface area contributed by atoms with Gasteiger partial charge in [0.25, 0.3) is 0 Å². The highest BCUT2D eigenvalue weighted by atomic mass is 35.5. The standard InChI is InChI=1S/C17H22Cl2N4O2/c1-10(15-21-16(22-25-15)17(2,3)4)23(5)9-13(24)20-14-11(18)7-6-8-12(14)19/h6-8,10H,9H2,1-5H3,(H,20,24). The molecule has 0 bridgehead atoms. The second-order valence-electron chi connectivity index (χ2n) is 6.94. The fourth-order valence-electron chi connectivity index (χ4n) is 2.06. The van der Waals surface area contributed by atoms with Crippen LogP contribution in [0, 0.1) is 0 Å². The number of carbonyl (C=O) groups excluding carboxylic acids is 1. The van der Waals surface area contributed by atoms with E-state index < -0.39 is 0 Å². The van der Waals surface area contributed by atoms with Gasteiger partial charge in [-0.15, -0.1) is 0 Å². The van der Waals surface area contributed by atoms with E-state index in [1.54, 1.807) is 30.1 Å². The maximum absolute atomic E-state index is 12.3. The van der Waals surface area contributed by atoms with Crippen molar-refractivity contribution in [2.75, 3.05) is 18.9 Å². The average Bonchev–Trinajstić information content (AvgIpc) is 3.00. The van der Waals surface area contributed by atoms with E-state index in [2.05, 4.69) is 15.5 Å². The van der Waals surface area contributed by atoms with E-state index in [-0.39, 0.29) is 23.9 Å². The van der Waals surface area contributed by atoms with Crippen LogP contribution >= 0.6 is 23.2 Å². The minimum Gasteiger partial charge on any atom is -0.338 e. The lowest BCUT2D eigenvalue weighted by atomic mass is 9.96. The molecule has 0 saturated heterocycles. The van der Waals surface area contributed by atoms with Crippen molar-refractivity contribution in [2.45, 2.75) is 39.2 Å². The molecule has 2 aromatic rings. The quantitative estimate of drug-likeness (QED) is 0.831. The molecule has 0 spiro atoms. The fourth-order valence-corrected chi connectivity index (χ4v) is 2.55. The average molecular weight is 385 g/mol. The number of carbonyl (C=O) groups is 1. The number of benzene rings is 1. The summed E-state index contributed by atoms with van der Waals surface area (Å²) in [5.41, 5.74) is 0.211. The molecule has 1 amide bonds. The molecule has 1 aromatic heterocycles. The van der Waals surface area contributed by atoms with Gasteiger partial charge in [-0.05, 0) is 26.1 Å². The molecule has 25 heavy (non-hydrogen) atoms. The van der Waals surface area contributed by atoms with E-state index in [1.165, 1.54) is 0 Å². The van der Waals surface area contributed by atoms with Crippen molar-refractivity contribution in [3.63, 3.8) is 0 Å². The number of anilines is 1. The lowest BCUT2D eigenvalue weighted by Crippen LogP contribution is -2.32. The summed E-state index contributed by atoms with van der Waals surface area (Å²) in [6.07, 6.45) is 0. The number of aromatic nitrogens is 2. The highest BCUT2D eigenvalue weighted by Gasteiger charge is 2.25. The normalized spacial score (nSPS) is 13.1. The first-order valence-corrected chi connectivity index (χ1v) is 8.63. The molecule has 2 rings (SSSR count). The SMILES string of the molecule is CC(c1nc(C(C)(C)C)no1)N(C)CC(=O)Nc1c(Cl)cccc1Cl. The highest BCUT2D eigenvalue weighted by molar-refractivity contribution is 6.39. The zero-order valence-electron chi connectivity index (χ0n) is 14.9. The summed E-state index contributed by atoms with van der Waals surface area (Å²) < 4.78 is 5.34. The Morgan fingerprint density at radius 2 is 1.92 bits per heavy atom. The molecule has 1 unspecified atom stereocenters. The molecule has 0 aliphatic rings. The van der Waals surface area contributed by atoms with Gasteiger partial charge in [-0.3, -0.25) is 9.69 Å². The highest BCUT2D eigenvalue weighted by Crippen LogP contribution is 2.30. The summed E-state index contributed by atoms with van der Waals surface area (Å²) in [6.45, 7) is 8.05. The van der Waals surface area contributed by atoms with Crippen LogP contribution in [0.5, 0.6) is 0 Å². The third kappa shape index (κ3) is 4.93. The van der Waals surface area contributed by atoms with E-state index in [4.69, 9.17) is 27.7 Å². The predicted octanol–water partition coefficient (Wildman–Crippen LogP) is 4.31. The second-order valence-corrected chi connectivity index (χ2v) is 7.76. The Balaban J connectivity index is 2.02. The molecular formula is C17H22Cl2N4O2. The minimum atomic E-state index is -0.236. The fraction of sp³-hybridized carbons (Fsp3) is 0.471. The Bertz CT molecular complexity index is 735. The summed E-state index contributed by atoms with van der Waals surface area (Å²) in [5, 5.41) is 7.53. The van der Waals surface area contributed by atoms with E-state index >= 15 is 0 Å². The largest absolute Gasteiger partial charge is 0.338 e. The number of nitrogens with one attached hydrogen (secondary N) is 1. The van der Waals surface area contributed by atoms with Gasteiger partial charge in [0.05, 0.1) is 28.3 Å². The zero-order valence-corrected chi connectivity index (χ0v) is 16.4. The number of amides is 1. The van der Waals surface area contributed by atoms with Crippen molar-refractivity contribution in [1.29, 1.82) is 0 Å². The smallest absolute Gasteiger partial charge is 0.243 e. The number of hydrogen-bond acceptors (Lipinski definition) is 5. The summed E-state index contributed by atoms with van der Waals surface area (Å²) in [4.78, 5) is 18.5. The van der Waals surface area contributed by atoms with Crippen LogP contribution in [-0.2, 0) is 10.2 Å². The van der Waals surface area contributed by atoms with E-state index in [0.717, 1.165) is 0 Å². The Morgan fingerprint density at radius 3 is 2.44 bits per heavy atom. The van der Waals surface area contributed by atoms with Crippen LogP contribution in [0.25, 0.3) is 0 Å². The lowest BCUT2D eigenvalue weighted by molar-refractivity contribution is -0.117.